The summed E-state index contributed by atoms with van der Waals surface area (Å²) in [5.74, 6) is -0.189. The summed E-state index contributed by atoms with van der Waals surface area (Å²) in [4.78, 5) is 15.2. The third-order valence-corrected chi connectivity index (χ3v) is 4.63. The van der Waals surface area contributed by atoms with Crippen LogP contribution in [0.2, 0.25) is 5.02 Å². The molecule has 0 atom stereocenters. The molecule has 2 aromatic carbocycles. The molecule has 0 bridgehead atoms. The van der Waals surface area contributed by atoms with E-state index in [1.165, 1.54) is 9.80 Å². The van der Waals surface area contributed by atoms with E-state index in [9.17, 15) is 4.79 Å². The molecule has 1 saturated heterocycles. The number of amides is 1. The maximum Gasteiger partial charge on any atom is 0.281 e. The standard InChI is InChI=1S/C17H13ClN2OS2/c1-23-14-7-5-11(6-8-14)9-15-16(21)20(17(22)19-15)13-4-2-3-12(18)10-13/h2-10H,1H3,(H,19,22)/b15-9-. The van der Waals surface area contributed by atoms with Crippen LogP contribution in [0, 0.1) is 0 Å². The van der Waals surface area contributed by atoms with Gasteiger partial charge in [0, 0.05) is 9.92 Å². The number of hydrogen-bond acceptors (Lipinski definition) is 3. The summed E-state index contributed by atoms with van der Waals surface area (Å²) < 4.78 is 0. The van der Waals surface area contributed by atoms with Gasteiger partial charge in [0.25, 0.3) is 5.91 Å². The molecule has 0 aromatic heterocycles. The first-order chi connectivity index (χ1) is 11.1. The SMILES string of the molecule is CSc1ccc(/C=C2\NC(=S)N(c3cccc(Cl)c3)C2=O)cc1. The van der Waals surface area contributed by atoms with Gasteiger partial charge in [-0.2, -0.15) is 0 Å². The fraction of sp³-hybridized carbons (Fsp3) is 0.0588. The minimum atomic E-state index is -0.189. The molecule has 1 N–H and O–H groups in total. The van der Waals surface area contributed by atoms with Crippen LogP contribution in [-0.2, 0) is 4.79 Å². The van der Waals surface area contributed by atoms with E-state index in [4.69, 9.17) is 23.8 Å². The quantitative estimate of drug-likeness (QED) is 0.502. The van der Waals surface area contributed by atoms with Crippen LogP contribution in [0.1, 0.15) is 5.56 Å². The van der Waals surface area contributed by atoms with E-state index in [2.05, 4.69) is 5.32 Å². The highest BCUT2D eigenvalue weighted by Crippen LogP contribution is 2.25. The summed E-state index contributed by atoms with van der Waals surface area (Å²) in [5, 5.41) is 3.88. The number of hydrogen-bond donors (Lipinski definition) is 1. The summed E-state index contributed by atoms with van der Waals surface area (Å²) in [5.41, 5.74) is 2.04. The van der Waals surface area contributed by atoms with Crippen LogP contribution < -0.4 is 10.2 Å². The second kappa shape index (κ2) is 6.74. The highest BCUT2D eigenvalue weighted by atomic mass is 35.5. The van der Waals surface area contributed by atoms with Gasteiger partial charge in [0.2, 0.25) is 0 Å². The Kier molecular flexibility index (Phi) is 4.71. The zero-order chi connectivity index (χ0) is 16.4. The summed E-state index contributed by atoms with van der Waals surface area (Å²) >= 11 is 13.0. The number of carbonyl (C=O) groups is 1. The maximum absolute atomic E-state index is 12.6. The number of nitrogens with zero attached hydrogens (tertiary/aromatic N) is 1. The first-order valence-electron chi connectivity index (χ1n) is 6.85. The Morgan fingerprint density at radius 1 is 1.22 bits per heavy atom. The molecule has 0 aliphatic carbocycles. The summed E-state index contributed by atoms with van der Waals surface area (Å²) in [6, 6.07) is 15.0. The van der Waals surface area contributed by atoms with Gasteiger partial charge in [0.15, 0.2) is 5.11 Å². The smallest absolute Gasteiger partial charge is 0.281 e. The molecule has 3 rings (SSSR count). The number of anilines is 1. The Labute approximate surface area is 149 Å². The second-order valence-corrected chi connectivity index (χ2v) is 6.58. The predicted molar refractivity (Wildman–Crippen MR) is 101 cm³/mol. The Bertz CT molecular complexity index is 802. The highest BCUT2D eigenvalue weighted by Gasteiger charge is 2.31. The fourth-order valence-electron chi connectivity index (χ4n) is 2.25. The highest BCUT2D eigenvalue weighted by molar-refractivity contribution is 7.98. The Morgan fingerprint density at radius 2 is 1.96 bits per heavy atom. The molecule has 1 aliphatic heterocycles. The van der Waals surface area contributed by atoms with Crippen LogP contribution in [0.25, 0.3) is 6.08 Å². The van der Waals surface area contributed by atoms with Crippen LogP contribution in [0.5, 0.6) is 0 Å². The summed E-state index contributed by atoms with van der Waals surface area (Å²) in [6.45, 7) is 0. The molecular formula is C17H13ClN2OS2. The monoisotopic (exact) mass is 360 g/mol. The molecule has 0 unspecified atom stereocenters. The molecule has 1 amide bonds. The minimum absolute atomic E-state index is 0.189. The van der Waals surface area contributed by atoms with Crippen molar-refractivity contribution in [3.63, 3.8) is 0 Å². The number of halogens is 1. The lowest BCUT2D eigenvalue weighted by Crippen LogP contribution is -2.30. The normalized spacial score (nSPS) is 16.1. The van der Waals surface area contributed by atoms with Gasteiger partial charge < -0.3 is 5.32 Å². The lowest BCUT2D eigenvalue weighted by Gasteiger charge is -2.13. The molecule has 3 nitrogen and oxygen atoms in total. The number of thiocarbonyl (C=S) groups is 1. The molecule has 6 heteroatoms. The van der Waals surface area contributed by atoms with Crippen molar-refractivity contribution < 1.29 is 4.79 Å². The lowest BCUT2D eigenvalue weighted by molar-refractivity contribution is -0.113. The van der Waals surface area contributed by atoms with Crippen molar-refractivity contribution in [1.29, 1.82) is 0 Å². The van der Waals surface area contributed by atoms with Crippen LogP contribution in [0.15, 0.2) is 59.1 Å². The van der Waals surface area contributed by atoms with Gasteiger partial charge in [-0.15, -0.1) is 11.8 Å². The van der Waals surface area contributed by atoms with E-state index >= 15 is 0 Å². The zero-order valence-electron chi connectivity index (χ0n) is 12.2. The molecule has 0 saturated carbocycles. The number of rotatable bonds is 3. The fourth-order valence-corrected chi connectivity index (χ4v) is 3.14. The van der Waals surface area contributed by atoms with Crippen LogP contribution in [0.4, 0.5) is 5.69 Å². The number of carbonyl (C=O) groups excluding carboxylic acids is 1. The van der Waals surface area contributed by atoms with Gasteiger partial charge >= 0.3 is 0 Å². The Hall–Kier alpha value is -1.82. The number of thioether (sulfide) groups is 1. The largest absolute Gasteiger partial charge is 0.327 e. The summed E-state index contributed by atoms with van der Waals surface area (Å²) in [7, 11) is 0. The number of benzene rings is 2. The third-order valence-electron chi connectivity index (χ3n) is 3.37. The Balaban J connectivity index is 1.89. The Morgan fingerprint density at radius 3 is 2.61 bits per heavy atom. The van der Waals surface area contributed by atoms with Crippen LogP contribution in [0.3, 0.4) is 0 Å². The zero-order valence-corrected chi connectivity index (χ0v) is 14.6. The van der Waals surface area contributed by atoms with E-state index in [0.717, 1.165) is 5.56 Å². The van der Waals surface area contributed by atoms with Gasteiger partial charge in [0.1, 0.15) is 5.70 Å². The van der Waals surface area contributed by atoms with Gasteiger partial charge in [-0.25, -0.2) is 0 Å². The lowest BCUT2D eigenvalue weighted by atomic mass is 10.2. The van der Waals surface area contributed by atoms with Gasteiger partial charge in [-0.1, -0.05) is 29.8 Å². The molecule has 1 heterocycles. The van der Waals surface area contributed by atoms with E-state index in [-0.39, 0.29) is 5.91 Å². The van der Waals surface area contributed by atoms with Crippen LogP contribution >= 0.6 is 35.6 Å². The molecular weight excluding hydrogens is 348 g/mol. The van der Waals surface area contributed by atoms with Crippen molar-refractivity contribution in [3.05, 3.63) is 64.8 Å². The van der Waals surface area contributed by atoms with E-state index in [1.54, 1.807) is 42.1 Å². The van der Waals surface area contributed by atoms with Crippen molar-refractivity contribution in [2.45, 2.75) is 4.90 Å². The van der Waals surface area contributed by atoms with Gasteiger partial charge in [0.05, 0.1) is 5.69 Å². The topological polar surface area (TPSA) is 32.3 Å². The molecule has 1 fully saturated rings. The van der Waals surface area contributed by atoms with Crippen molar-refractivity contribution in [2.75, 3.05) is 11.2 Å². The second-order valence-electron chi connectivity index (χ2n) is 4.88. The first-order valence-corrected chi connectivity index (χ1v) is 8.86. The van der Waals surface area contributed by atoms with Crippen molar-refractivity contribution in [1.82, 2.24) is 5.32 Å². The van der Waals surface area contributed by atoms with E-state index in [0.29, 0.717) is 21.5 Å². The van der Waals surface area contributed by atoms with E-state index in [1.807, 2.05) is 30.5 Å². The molecule has 116 valence electrons. The molecule has 2 aromatic rings. The first kappa shape index (κ1) is 16.1. The third kappa shape index (κ3) is 3.42. The molecule has 23 heavy (non-hydrogen) atoms. The maximum atomic E-state index is 12.6. The van der Waals surface area contributed by atoms with Gasteiger partial charge in [-0.05, 0) is 60.4 Å². The minimum Gasteiger partial charge on any atom is -0.327 e. The summed E-state index contributed by atoms with van der Waals surface area (Å²) in [6.07, 6.45) is 3.82. The predicted octanol–water partition coefficient (Wildman–Crippen LogP) is 4.32. The van der Waals surface area contributed by atoms with Crippen molar-refractivity contribution in [3.8, 4) is 0 Å². The van der Waals surface area contributed by atoms with Gasteiger partial charge in [-0.3, -0.25) is 9.69 Å². The molecule has 0 radical (unpaired) electrons. The van der Waals surface area contributed by atoms with Crippen molar-refractivity contribution >= 4 is 58.4 Å². The van der Waals surface area contributed by atoms with Crippen molar-refractivity contribution in [2.24, 2.45) is 0 Å². The number of nitrogens with one attached hydrogen (secondary N) is 1. The van der Waals surface area contributed by atoms with Crippen LogP contribution in [-0.4, -0.2) is 17.3 Å². The average molecular weight is 361 g/mol. The molecule has 0 spiro atoms. The molecule has 1 aliphatic rings. The average Bonchev–Trinajstić information content (AvgIpc) is 2.82. The van der Waals surface area contributed by atoms with E-state index < -0.39 is 0 Å².